The van der Waals surface area contributed by atoms with E-state index in [0.717, 1.165) is 0 Å². The number of aryl methyl sites for hydroxylation is 1. The molecule has 0 amide bonds. The van der Waals surface area contributed by atoms with Crippen LogP contribution in [-0.4, -0.2) is 20.2 Å². The number of nitrogens with zero attached hydrogens (tertiary/aromatic N) is 2. The van der Waals surface area contributed by atoms with Crippen LogP contribution >= 0.6 is 0 Å². The summed E-state index contributed by atoms with van der Waals surface area (Å²) in [6.07, 6.45) is 1.55. The van der Waals surface area contributed by atoms with Gasteiger partial charge in [0.05, 0.1) is 12.0 Å². The maximum atomic E-state index is 11.4. The Hall–Kier alpha value is -2.37. The Labute approximate surface area is 89.3 Å². The highest BCUT2D eigenvalue weighted by Gasteiger charge is 2.11. The summed E-state index contributed by atoms with van der Waals surface area (Å²) in [6.45, 7) is 1.76. The van der Waals surface area contributed by atoms with Crippen molar-refractivity contribution < 1.29 is 4.42 Å². The van der Waals surface area contributed by atoms with Gasteiger partial charge < -0.3 is 4.42 Å². The Morgan fingerprint density at radius 2 is 2.19 bits per heavy atom. The largest absolute Gasteiger partial charge is 0.461 e. The first-order valence-electron chi connectivity index (χ1n) is 4.74. The average molecular weight is 216 g/mol. The molecule has 3 aromatic heterocycles. The lowest BCUT2D eigenvalue weighted by Crippen LogP contribution is -2.01. The zero-order valence-corrected chi connectivity index (χ0v) is 8.44. The summed E-state index contributed by atoms with van der Waals surface area (Å²) in [7, 11) is 0. The summed E-state index contributed by atoms with van der Waals surface area (Å²) in [5, 5.41) is 5.66. The molecular formula is C10H8N4O2. The molecule has 0 aliphatic rings. The third-order valence-electron chi connectivity index (χ3n) is 2.35. The van der Waals surface area contributed by atoms with Crippen molar-refractivity contribution >= 4 is 11.0 Å². The number of fused-ring (bicyclic) bond motifs is 1. The van der Waals surface area contributed by atoms with Gasteiger partial charge in [0.15, 0.2) is 17.2 Å². The van der Waals surface area contributed by atoms with Gasteiger partial charge in [0.2, 0.25) is 0 Å². The second-order valence-corrected chi connectivity index (χ2v) is 3.41. The maximum absolute atomic E-state index is 11.4. The van der Waals surface area contributed by atoms with Crippen molar-refractivity contribution in [2.75, 3.05) is 0 Å². The topological polar surface area (TPSA) is 87.6 Å². The molecule has 0 fully saturated rings. The molecule has 0 spiro atoms. The fourth-order valence-corrected chi connectivity index (χ4v) is 1.63. The monoisotopic (exact) mass is 216 g/mol. The average Bonchev–Trinajstić information content (AvgIpc) is 2.87. The third kappa shape index (κ3) is 1.16. The van der Waals surface area contributed by atoms with Gasteiger partial charge in [-0.3, -0.25) is 15.0 Å². The fraction of sp³-hybridized carbons (Fsp3) is 0.100. The van der Waals surface area contributed by atoms with Gasteiger partial charge in [-0.25, -0.2) is 9.97 Å². The Balaban J connectivity index is 2.34. The first-order valence-corrected chi connectivity index (χ1v) is 4.74. The number of rotatable bonds is 1. The number of aromatic nitrogens is 4. The molecule has 3 aromatic rings. The summed E-state index contributed by atoms with van der Waals surface area (Å²) >= 11 is 0. The quantitative estimate of drug-likeness (QED) is 0.640. The normalized spacial score (nSPS) is 11.1. The number of hydrogen-bond acceptors (Lipinski definition) is 4. The van der Waals surface area contributed by atoms with Gasteiger partial charge >= 0.3 is 0 Å². The Bertz CT molecular complexity index is 693. The molecule has 0 saturated heterocycles. The lowest BCUT2D eigenvalue weighted by molar-refractivity contribution is 0.577. The zero-order valence-electron chi connectivity index (χ0n) is 8.44. The second kappa shape index (κ2) is 3.06. The molecule has 6 heteroatoms. The number of nitrogens with one attached hydrogen (secondary N) is 2. The van der Waals surface area contributed by atoms with Crippen molar-refractivity contribution in [1.82, 2.24) is 20.2 Å². The van der Waals surface area contributed by atoms with Crippen molar-refractivity contribution in [3.8, 4) is 11.6 Å². The standard InChI is InChI=1S/C10H8N4O2/c1-5-7-9(13-14-10(7)15)12-8(11-5)6-3-2-4-16-6/h2-4H,1H3,(H2,11,12,13,14,15). The lowest BCUT2D eigenvalue weighted by atomic mass is 10.3. The molecule has 0 atom stereocenters. The van der Waals surface area contributed by atoms with Gasteiger partial charge in [0.25, 0.3) is 5.56 Å². The highest BCUT2D eigenvalue weighted by atomic mass is 16.3. The smallest absolute Gasteiger partial charge is 0.275 e. The number of aromatic amines is 2. The summed E-state index contributed by atoms with van der Waals surface area (Å²) in [6, 6.07) is 3.53. The zero-order chi connectivity index (χ0) is 11.1. The van der Waals surface area contributed by atoms with Crippen molar-refractivity contribution in [3.63, 3.8) is 0 Å². The summed E-state index contributed by atoms with van der Waals surface area (Å²) in [5.74, 6) is 1.04. The van der Waals surface area contributed by atoms with Crippen LogP contribution in [0.15, 0.2) is 27.6 Å². The van der Waals surface area contributed by atoms with E-state index < -0.39 is 0 Å². The van der Waals surface area contributed by atoms with E-state index in [2.05, 4.69) is 20.2 Å². The second-order valence-electron chi connectivity index (χ2n) is 3.41. The van der Waals surface area contributed by atoms with E-state index in [4.69, 9.17) is 4.42 Å². The Morgan fingerprint density at radius 3 is 2.94 bits per heavy atom. The summed E-state index contributed by atoms with van der Waals surface area (Å²) < 4.78 is 5.20. The first-order chi connectivity index (χ1) is 7.75. The minimum Gasteiger partial charge on any atom is -0.461 e. The van der Waals surface area contributed by atoms with E-state index in [9.17, 15) is 4.79 Å². The minimum absolute atomic E-state index is 0.210. The maximum Gasteiger partial charge on any atom is 0.275 e. The van der Waals surface area contributed by atoms with Crippen LogP contribution in [0.25, 0.3) is 22.6 Å². The molecular weight excluding hydrogens is 208 g/mol. The molecule has 0 saturated carbocycles. The van der Waals surface area contributed by atoms with Gasteiger partial charge in [0, 0.05) is 0 Å². The van der Waals surface area contributed by atoms with E-state index in [-0.39, 0.29) is 5.56 Å². The Morgan fingerprint density at radius 1 is 1.31 bits per heavy atom. The highest BCUT2D eigenvalue weighted by Crippen LogP contribution is 2.18. The molecule has 0 aliphatic carbocycles. The number of hydrogen-bond donors (Lipinski definition) is 2. The predicted molar refractivity (Wildman–Crippen MR) is 56.9 cm³/mol. The van der Waals surface area contributed by atoms with Gasteiger partial charge in [-0.2, -0.15) is 0 Å². The van der Waals surface area contributed by atoms with Crippen LogP contribution in [0.4, 0.5) is 0 Å². The molecule has 3 rings (SSSR count). The van der Waals surface area contributed by atoms with Crippen LogP contribution in [-0.2, 0) is 0 Å². The summed E-state index contributed by atoms with van der Waals surface area (Å²) in [5.41, 5.74) is 0.904. The molecule has 16 heavy (non-hydrogen) atoms. The van der Waals surface area contributed by atoms with E-state index in [1.807, 2.05) is 0 Å². The number of furan rings is 1. The lowest BCUT2D eigenvalue weighted by Gasteiger charge is -1.97. The van der Waals surface area contributed by atoms with Crippen molar-refractivity contribution in [2.45, 2.75) is 6.92 Å². The molecule has 0 bridgehead atoms. The molecule has 0 unspecified atom stereocenters. The van der Waals surface area contributed by atoms with Crippen molar-refractivity contribution in [1.29, 1.82) is 0 Å². The van der Waals surface area contributed by atoms with E-state index in [1.165, 1.54) is 0 Å². The molecule has 80 valence electrons. The molecule has 0 aromatic carbocycles. The van der Waals surface area contributed by atoms with Crippen LogP contribution in [0, 0.1) is 6.92 Å². The third-order valence-corrected chi connectivity index (χ3v) is 2.35. The van der Waals surface area contributed by atoms with Crippen LogP contribution in [0.1, 0.15) is 5.69 Å². The van der Waals surface area contributed by atoms with Gasteiger partial charge in [0.1, 0.15) is 5.39 Å². The van der Waals surface area contributed by atoms with Crippen molar-refractivity contribution in [3.05, 3.63) is 34.4 Å². The van der Waals surface area contributed by atoms with Crippen LogP contribution in [0.2, 0.25) is 0 Å². The fourth-order valence-electron chi connectivity index (χ4n) is 1.63. The SMILES string of the molecule is Cc1nc(-c2ccco2)nc2[nH][nH]c(=O)c12. The first kappa shape index (κ1) is 8.90. The molecule has 3 heterocycles. The van der Waals surface area contributed by atoms with Gasteiger partial charge in [-0.05, 0) is 19.1 Å². The van der Waals surface area contributed by atoms with E-state index in [0.29, 0.717) is 28.3 Å². The van der Waals surface area contributed by atoms with Crippen LogP contribution in [0.3, 0.4) is 0 Å². The molecule has 6 nitrogen and oxygen atoms in total. The van der Waals surface area contributed by atoms with Gasteiger partial charge in [-0.1, -0.05) is 0 Å². The van der Waals surface area contributed by atoms with Crippen LogP contribution < -0.4 is 5.56 Å². The van der Waals surface area contributed by atoms with Gasteiger partial charge in [-0.15, -0.1) is 0 Å². The van der Waals surface area contributed by atoms with E-state index >= 15 is 0 Å². The molecule has 2 N–H and O–H groups in total. The molecule has 0 radical (unpaired) electrons. The predicted octanol–water partition coefficient (Wildman–Crippen LogP) is 1.21. The van der Waals surface area contributed by atoms with Crippen molar-refractivity contribution in [2.24, 2.45) is 0 Å². The molecule has 0 aliphatic heterocycles. The number of H-pyrrole nitrogens is 2. The minimum atomic E-state index is -0.210. The highest BCUT2D eigenvalue weighted by molar-refractivity contribution is 5.77. The summed E-state index contributed by atoms with van der Waals surface area (Å²) in [4.78, 5) is 19.8. The van der Waals surface area contributed by atoms with Crippen LogP contribution in [0.5, 0.6) is 0 Å². The Kier molecular flexibility index (Phi) is 1.70. The van der Waals surface area contributed by atoms with E-state index in [1.54, 1.807) is 25.3 Å².